The van der Waals surface area contributed by atoms with Crippen molar-refractivity contribution in [1.29, 1.82) is 0 Å². The minimum absolute atomic E-state index is 0.318. The summed E-state index contributed by atoms with van der Waals surface area (Å²) in [5.74, 6) is 0.859. The minimum atomic E-state index is 0.318. The van der Waals surface area contributed by atoms with Crippen molar-refractivity contribution < 1.29 is 0 Å². The fourth-order valence-corrected chi connectivity index (χ4v) is 3.68. The molecule has 0 bridgehead atoms. The van der Waals surface area contributed by atoms with E-state index in [1.54, 1.807) is 11.8 Å². The van der Waals surface area contributed by atoms with Gasteiger partial charge in [-0.25, -0.2) is 0 Å². The van der Waals surface area contributed by atoms with Crippen LogP contribution >= 0.6 is 23.4 Å². The normalized spacial score (nSPS) is 12.3. The average Bonchev–Trinajstić information content (AvgIpc) is 2.98. The zero-order chi connectivity index (χ0) is 16.2. The number of aromatic nitrogens is 3. The highest BCUT2D eigenvalue weighted by atomic mass is 35.5. The molecule has 1 atom stereocenters. The van der Waals surface area contributed by atoms with Gasteiger partial charge in [-0.15, -0.1) is 10.2 Å². The molecule has 0 radical (unpaired) electrons. The van der Waals surface area contributed by atoms with Gasteiger partial charge in [-0.3, -0.25) is 0 Å². The van der Waals surface area contributed by atoms with Crippen LogP contribution in [-0.2, 0) is 6.54 Å². The molecule has 0 saturated heterocycles. The molecule has 3 aromatic rings. The Bertz CT molecular complexity index is 786. The van der Waals surface area contributed by atoms with Gasteiger partial charge >= 0.3 is 0 Å². The molecule has 3 rings (SSSR count). The van der Waals surface area contributed by atoms with Crippen LogP contribution in [0.3, 0.4) is 0 Å². The molecule has 0 aliphatic carbocycles. The lowest BCUT2D eigenvalue weighted by atomic mass is 10.2. The topological polar surface area (TPSA) is 30.7 Å². The van der Waals surface area contributed by atoms with Gasteiger partial charge in [0.1, 0.15) is 0 Å². The van der Waals surface area contributed by atoms with Gasteiger partial charge in [0.25, 0.3) is 0 Å². The molecule has 0 aliphatic rings. The Morgan fingerprint density at radius 3 is 2.57 bits per heavy atom. The van der Waals surface area contributed by atoms with Gasteiger partial charge in [0.2, 0.25) is 0 Å². The van der Waals surface area contributed by atoms with Crippen molar-refractivity contribution in [2.24, 2.45) is 0 Å². The average molecular weight is 344 g/mol. The predicted octanol–water partition coefficient (Wildman–Crippen LogP) is 5.47. The first kappa shape index (κ1) is 16.1. The summed E-state index contributed by atoms with van der Waals surface area (Å²) in [5.41, 5.74) is 2.28. The summed E-state index contributed by atoms with van der Waals surface area (Å²) in [6, 6.07) is 18.2. The SMILES string of the molecule is CCn1c(SC(C)c2ccccc2)nnc1-c1cccc(Cl)c1. The highest BCUT2D eigenvalue weighted by Crippen LogP contribution is 2.35. The summed E-state index contributed by atoms with van der Waals surface area (Å²) in [7, 11) is 0. The third-order valence-corrected chi connectivity index (χ3v) is 5.04. The maximum atomic E-state index is 6.10. The van der Waals surface area contributed by atoms with Crippen molar-refractivity contribution in [2.45, 2.75) is 30.8 Å². The molecule has 5 heteroatoms. The zero-order valence-corrected chi connectivity index (χ0v) is 14.7. The van der Waals surface area contributed by atoms with Crippen LogP contribution in [0.1, 0.15) is 24.7 Å². The molecule has 1 unspecified atom stereocenters. The molecule has 0 spiro atoms. The van der Waals surface area contributed by atoms with Crippen LogP contribution in [0.4, 0.5) is 0 Å². The Balaban J connectivity index is 1.90. The summed E-state index contributed by atoms with van der Waals surface area (Å²) in [5, 5.41) is 10.7. The fourth-order valence-electron chi connectivity index (χ4n) is 2.45. The van der Waals surface area contributed by atoms with Crippen molar-refractivity contribution >= 4 is 23.4 Å². The van der Waals surface area contributed by atoms with E-state index in [2.05, 4.69) is 52.9 Å². The Labute approximate surface area is 145 Å². The van der Waals surface area contributed by atoms with E-state index in [-0.39, 0.29) is 0 Å². The van der Waals surface area contributed by atoms with Gasteiger partial charge in [0, 0.05) is 22.4 Å². The van der Waals surface area contributed by atoms with Crippen LogP contribution < -0.4 is 0 Å². The van der Waals surface area contributed by atoms with Crippen LogP contribution in [0.2, 0.25) is 5.02 Å². The number of nitrogens with zero attached hydrogens (tertiary/aromatic N) is 3. The van der Waals surface area contributed by atoms with Gasteiger partial charge in [-0.1, -0.05) is 65.8 Å². The third kappa shape index (κ3) is 3.59. The molecule has 118 valence electrons. The number of rotatable bonds is 5. The molecule has 2 aromatic carbocycles. The van der Waals surface area contributed by atoms with Gasteiger partial charge in [0.05, 0.1) is 0 Å². The molecule has 0 N–H and O–H groups in total. The van der Waals surface area contributed by atoms with Crippen molar-refractivity contribution in [2.75, 3.05) is 0 Å². The number of benzene rings is 2. The summed E-state index contributed by atoms with van der Waals surface area (Å²) in [6.07, 6.45) is 0. The van der Waals surface area contributed by atoms with Crippen LogP contribution in [0.15, 0.2) is 59.8 Å². The van der Waals surface area contributed by atoms with Crippen molar-refractivity contribution in [3.8, 4) is 11.4 Å². The Morgan fingerprint density at radius 2 is 1.87 bits per heavy atom. The van der Waals surface area contributed by atoms with E-state index >= 15 is 0 Å². The smallest absolute Gasteiger partial charge is 0.192 e. The molecular weight excluding hydrogens is 326 g/mol. The lowest BCUT2D eigenvalue weighted by Gasteiger charge is -2.12. The quantitative estimate of drug-likeness (QED) is 0.575. The lowest BCUT2D eigenvalue weighted by Crippen LogP contribution is -2.01. The molecule has 0 saturated carbocycles. The maximum absolute atomic E-state index is 6.10. The van der Waals surface area contributed by atoms with E-state index < -0.39 is 0 Å². The molecule has 0 fully saturated rings. The van der Waals surface area contributed by atoms with Crippen molar-refractivity contribution in [3.05, 3.63) is 65.2 Å². The Kier molecular flexibility index (Phi) is 5.03. The highest BCUT2D eigenvalue weighted by Gasteiger charge is 2.16. The molecule has 23 heavy (non-hydrogen) atoms. The van der Waals surface area contributed by atoms with Gasteiger partial charge < -0.3 is 4.57 Å². The lowest BCUT2D eigenvalue weighted by molar-refractivity contribution is 0.686. The first-order chi connectivity index (χ1) is 11.2. The minimum Gasteiger partial charge on any atom is -0.302 e. The monoisotopic (exact) mass is 343 g/mol. The summed E-state index contributed by atoms with van der Waals surface area (Å²) < 4.78 is 2.13. The Morgan fingerprint density at radius 1 is 1.09 bits per heavy atom. The molecule has 0 aliphatic heterocycles. The summed E-state index contributed by atoms with van der Waals surface area (Å²) in [4.78, 5) is 0. The van der Waals surface area contributed by atoms with E-state index in [0.717, 1.165) is 23.1 Å². The summed E-state index contributed by atoms with van der Waals surface area (Å²) in [6.45, 7) is 5.11. The van der Waals surface area contributed by atoms with Crippen molar-refractivity contribution in [3.63, 3.8) is 0 Å². The van der Waals surface area contributed by atoms with E-state index in [9.17, 15) is 0 Å². The van der Waals surface area contributed by atoms with Crippen LogP contribution in [0.25, 0.3) is 11.4 Å². The standard InChI is InChI=1S/C18H18ClN3S/c1-3-22-17(15-10-7-11-16(19)12-15)20-21-18(22)23-13(2)14-8-5-4-6-9-14/h4-13H,3H2,1-2H3. The third-order valence-electron chi connectivity index (χ3n) is 3.67. The molecular formula is C18H18ClN3S. The molecule has 1 heterocycles. The second kappa shape index (κ2) is 7.20. The maximum Gasteiger partial charge on any atom is 0.192 e. The van der Waals surface area contributed by atoms with E-state index in [1.807, 2.05) is 30.3 Å². The van der Waals surface area contributed by atoms with Crippen LogP contribution in [0, 0.1) is 0 Å². The molecule has 1 aromatic heterocycles. The molecule has 3 nitrogen and oxygen atoms in total. The number of thioether (sulfide) groups is 1. The van der Waals surface area contributed by atoms with Crippen LogP contribution in [0.5, 0.6) is 0 Å². The second-order valence-corrected chi connectivity index (χ2v) is 6.98. The number of hydrogen-bond donors (Lipinski definition) is 0. The fraction of sp³-hybridized carbons (Fsp3) is 0.222. The number of halogens is 1. The number of hydrogen-bond acceptors (Lipinski definition) is 3. The van der Waals surface area contributed by atoms with E-state index in [4.69, 9.17) is 11.6 Å². The Hall–Kier alpha value is -1.78. The van der Waals surface area contributed by atoms with E-state index in [1.165, 1.54) is 5.56 Å². The van der Waals surface area contributed by atoms with Crippen molar-refractivity contribution in [1.82, 2.24) is 14.8 Å². The van der Waals surface area contributed by atoms with Gasteiger partial charge in [0.15, 0.2) is 11.0 Å². The largest absolute Gasteiger partial charge is 0.302 e. The second-order valence-electron chi connectivity index (χ2n) is 5.23. The van der Waals surface area contributed by atoms with E-state index in [0.29, 0.717) is 10.3 Å². The predicted molar refractivity (Wildman–Crippen MR) is 96.9 cm³/mol. The zero-order valence-electron chi connectivity index (χ0n) is 13.1. The first-order valence-corrected chi connectivity index (χ1v) is 8.85. The van der Waals surface area contributed by atoms with Gasteiger partial charge in [-0.2, -0.15) is 0 Å². The highest BCUT2D eigenvalue weighted by molar-refractivity contribution is 7.99. The first-order valence-electron chi connectivity index (χ1n) is 7.59. The van der Waals surface area contributed by atoms with Gasteiger partial charge in [-0.05, 0) is 31.5 Å². The van der Waals surface area contributed by atoms with Crippen LogP contribution in [-0.4, -0.2) is 14.8 Å². The summed E-state index contributed by atoms with van der Waals surface area (Å²) >= 11 is 7.82. The molecule has 0 amide bonds.